The van der Waals surface area contributed by atoms with Crippen molar-refractivity contribution in [3.8, 4) is 11.8 Å². The van der Waals surface area contributed by atoms with E-state index in [-0.39, 0.29) is 25.1 Å². The summed E-state index contributed by atoms with van der Waals surface area (Å²) < 4.78 is 5.26. The zero-order valence-electron chi connectivity index (χ0n) is 11.1. The topological polar surface area (TPSA) is 88.7 Å². The summed E-state index contributed by atoms with van der Waals surface area (Å²) in [7, 11) is 0. The quantitative estimate of drug-likeness (QED) is 0.692. The lowest BCUT2D eigenvalue weighted by Gasteiger charge is -2.34. The molecule has 1 unspecified atom stereocenters. The van der Waals surface area contributed by atoms with E-state index < -0.39 is 0 Å². The van der Waals surface area contributed by atoms with Gasteiger partial charge in [-0.25, -0.2) is 0 Å². The molecule has 0 aromatic carbocycles. The number of aromatic nitrogens is 1. The Morgan fingerprint density at radius 3 is 3.20 bits per heavy atom. The van der Waals surface area contributed by atoms with Crippen molar-refractivity contribution in [1.82, 2.24) is 9.88 Å². The molecular formula is C14H17N3O3. The van der Waals surface area contributed by atoms with Crippen LogP contribution in [-0.2, 0) is 4.74 Å². The molecule has 2 heterocycles. The van der Waals surface area contributed by atoms with E-state index >= 15 is 0 Å². The van der Waals surface area contributed by atoms with Gasteiger partial charge in [-0.1, -0.05) is 11.8 Å². The van der Waals surface area contributed by atoms with E-state index in [9.17, 15) is 9.90 Å². The number of nitrogens with two attached hydrogens (primary N) is 1. The lowest BCUT2D eigenvalue weighted by molar-refractivity contribution is -0.0184. The third-order valence-electron chi connectivity index (χ3n) is 3.02. The van der Waals surface area contributed by atoms with Gasteiger partial charge in [-0.05, 0) is 6.07 Å². The van der Waals surface area contributed by atoms with Gasteiger partial charge >= 0.3 is 0 Å². The fourth-order valence-corrected chi connectivity index (χ4v) is 2.02. The molecule has 1 atom stereocenters. The maximum atomic E-state index is 12.4. The van der Waals surface area contributed by atoms with Gasteiger partial charge < -0.3 is 20.5 Å². The van der Waals surface area contributed by atoms with Crippen LogP contribution in [0.2, 0.25) is 0 Å². The number of aliphatic hydroxyl groups is 1. The minimum absolute atomic E-state index is 0.119. The van der Waals surface area contributed by atoms with Crippen molar-refractivity contribution in [2.75, 3.05) is 32.9 Å². The zero-order valence-corrected chi connectivity index (χ0v) is 11.1. The Labute approximate surface area is 117 Å². The van der Waals surface area contributed by atoms with E-state index in [0.29, 0.717) is 30.9 Å². The van der Waals surface area contributed by atoms with E-state index in [0.717, 1.165) is 0 Å². The van der Waals surface area contributed by atoms with Crippen molar-refractivity contribution in [2.45, 2.75) is 6.04 Å². The highest BCUT2D eigenvalue weighted by molar-refractivity contribution is 5.94. The molecule has 1 aliphatic heterocycles. The van der Waals surface area contributed by atoms with Crippen molar-refractivity contribution < 1.29 is 14.6 Å². The van der Waals surface area contributed by atoms with E-state index in [1.165, 1.54) is 6.20 Å². The lowest BCUT2D eigenvalue weighted by atomic mass is 10.1. The minimum atomic E-state index is -0.310. The van der Waals surface area contributed by atoms with Crippen LogP contribution in [0.1, 0.15) is 15.9 Å². The van der Waals surface area contributed by atoms with Gasteiger partial charge in [-0.15, -0.1) is 0 Å². The molecule has 6 nitrogen and oxygen atoms in total. The van der Waals surface area contributed by atoms with Crippen molar-refractivity contribution in [2.24, 2.45) is 5.73 Å². The molecule has 0 spiro atoms. The summed E-state index contributed by atoms with van der Waals surface area (Å²) in [5.74, 6) is 5.40. The molecular weight excluding hydrogens is 258 g/mol. The number of pyridine rings is 1. The molecule has 1 amide bonds. The number of rotatable bonds is 2. The van der Waals surface area contributed by atoms with E-state index in [2.05, 4.69) is 16.8 Å². The molecule has 1 aliphatic rings. The van der Waals surface area contributed by atoms with Gasteiger partial charge in [0.05, 0.1) is 38.0 Å². The normalized spacial score (nSPS) is 18.3. The number of hydrogen-bond acceptors (Lipinski definition) is 5. The molecule has 0 saturated carbocycles. The van der Waals surface area contributed by atoms with Crippen LogP contribution in [0.4, 0.5) is 0 Å². The first-order valence-corrected chi connectivity index (χ1v) is 6.40. The Hall–Kier alpha value is -1.94. The minimum Gasteiger partial charge on any atom is -0.394 e. The molecule has 6 heteroatoms. The van der Waals surface area contributed by atoms with Gasteiger partial charge in [0.25, 0.3) is 5.91 Å². The SMILES string of the molecule is NCC#Cc1cncc(C(=O)N2CCOCC2CO)c1. The van der Waals surface area contributed by atoms with Crippen molar-refractivity contribution in [3.63, 3.8) is 0 Å². The number of ether oxygens (including phenoxy) is 1. The molecule has 0 radical (unpaired) electrons. The highest BCUT2D eigenvalue weighted by Gasteiger charge is 2.27. The highest BCUT2D eigenvalue weighted by Crippen LogP contribution is 2.12. The molecule has 106 valence electrons. The molecule has 0 aliphatic carbocycles. The van der Waals surface area contributed by atoms with Gasteiger partial charge in [0.2, 0.25) is 0 Å². The standard InChI is InChI=1S/C14H17N3O3/c15-3-1-2-11-6-12(8-16-7-11)14(19)17-4-5-20-10-13(17)9-18/h6-8,13,18H,3-5,9-10,15H2. The Kier molecular flexibility index (Phi) is 5.07. The second-order valence-electron chi connectivity index (χ2n) is 4.38. The van der Waals surface area contributed by atoms with Crippen molar-refractivity contribution in [3.05, 3.63) is 29.6 Å². The summed E-state index contributed by atoms with van der Waals surface area (Å²) in [6.07, 6.45) is 3.09. The second kappa shape index (κ2) is 7.01. The van der Waals surface area contributed by atoms with Crippen LogP contribution >= 0.6 is 0 Å². The molecule has 0 bridgehead atoms. The van der Waals surface area contributed by atoms with Crippen LogP contribution in [0.25, 0.3) is 0 Å². The van der Waals surface area contributed by atoms with E-state index in [4.69, 9.17) is 10.5 Å². The molecule has 1 aromatic heterocycles. The predicted octanol–water partition coefficient (Wildman–Crippen LogP) is -0.775. The lowest BCUT2D eigenvalue weighted by Crippen LogP contribution is -2.50. The molecule has 2 rings (SSSR count). The van der Waals surface area contributed by atoms with Crippen LogP contribution in [0.15, 0.2) is 18.5 Å². The Bertz CT molecular complexity index is 536. The molecule has 20 heavy (non-hydrogen) atoms. The average Bonchev–Trinajstić information content (AvgIpc) is 2.52. The maximum Gasteiger partial charge on any atom is 0.255 e. The fourth-order valence-electron chi connectivity index (χ4n) is 2.02. The smallest absolute Gasteiger partial charge is 0.255 e. The first-order valence-electron chi connectivity index (χ1n) is 6.40. The first-order chi connectivity index (χ1) is 9.76. The number of carbonyl (C=O) groups is 1. The summed E-state index contributed by atoms with van der Waals surface area (Å²) >= 11 is 0. The van der Waals surface area contributed by atoms with Crippen LogP contribution < -0.4 is 5.73 Å². The first kappa shape index (κ1) is 14.5. The van der Waals surface area contributed by atoms with Crippen LogP contribution in [0, 0.1) is 11.8 Å². The molecule has 1 fully saturated rings. The second-order valence-corrected chi connectivity index (χ2v) is 4.38. The zero-order chi connectivity index (χ0) is 14.4. The molecule has 1 saturated heterocycles. The Balaban J connectivity index is 2.19. The number of carbonyl (C=O) groups excluding carboxylic acids is 1. The van der Waals surface area contributed by atoms with E-state index in [1.807, 2.05) is 0 Å². The monoisotopic (exact) mass is 275 g/mol. The third kappa shape index (κ3) is 3.33. The van der Waals surface area contributed by atoms with Gasteiger partial charge in [-0.3, -0.25) is 9.78 Å². The number of aliphatic hydroxyl groups excluding tert-OH is 1. The number of nitrogens with zero attached hydrogens (tertiary/aromatic N) is 2. The number of amides is 1. The van der Waals surface area contributed by atoms with Crippen molar-refractivity contribution in [1.29, 1.82) is 0 Å². The summed E-state index contributed by atoms with van der Waals surface area (Å²) in [6, 6.07) is 1.37. The summed E-state index contributed by atoms with van der Waals surface area (Å²) in [4.78, 5) is 18.1. The number of morpholine rings is 1. The third-order valence-corrected chi connectivity index (χ3v) is 3.02. The fraction of sp³-hybridized carbons (Fsp3) is 0.429. The van der Waals surface area contributed by atoms with Crippen LogP contribution in [-0.4, -0.2) is 59.8 Å². The summed E-state index contributed by atoms with van der Waals surface area (Å²) in [6.45, 7) is 1.42. The Morgan fingerprint density at radius 2 is 2.45 bits per heavy atom. The van der Waals surface area contributed by atoms with Gasteiger partial charge in [0.1, 0.15) is 0 Å². The van der Waals surface area contributed by atoms with Crippen molar-refractivity contribution >= 4 is 5.91 Å². The van der Waals surface area contributed by atoms with Gasteiger partial charge in [-0.2, -0.15) is 0 Å². The summed E-state index contributed by atoms with van der Waals surface area (Å²) in [5.41, 5.74) is 6.42. The highest BCUT2D eigenvalue weighted by atomic mass is 16.5. The maximum absolute atomic E-state index is 12.4. The average molecular weight is 275 g/mol. The van der Waals surface area contributed by atoms with E-state index in [1.54, 1.807) is 17.2 Å². The molecule has 3 N–H and O–H groups in total. The Morgan fingerprint density at radius 1 is 1.60 bits per heavy atom. The molecule has 1 aromatic rings. The van der Waals surface area contributed by atoms with Gasteiger partial charge in [0, 0.05) is 24.5 Å². The summed E-state index contributed by atoms with van der Waals surface area (Å²) in [5, 5.41) is 9.30. The van der Waals surface area contributed by atoms with Gasteiger partial charge in [0.15, 0.2) is 0 Å². The van der Waals surface area contributed by atoms with Crippen LogP contribution in [0.5, 0.6) is 0 Å². The largest absolute Gasteiger partial charge is 0.394 e. The number of hydrogen-bond donors (Lipinski definition) is 2. The van der Waals surface area contributed by atoms with Crippen LogP contribution in [0.3, 0.4) is 0 Å². The predicted molar refractivity (Wildman–Crippen MR) is 72.9 cm³/mol.